The average Bonchev–Trinajstić information content (AvgIpc) is 2.92. The van der Waals surface area contributed by atoms with Gasteiger partial charge in [0.2, 0.25) is 0 Å². The lowest BCUT2D eigenvalue weighted by Gasteiger charge is -2.32. The largest absolute Gasteiger partial charge is 0.453 e. The zero-order chi connectivity index (χ0) is 17.1. The number of rotatable bonds is 4. The molecule has 0 aromatic heterocycles. The second-order valence-corrected chi connectivity index (χ2v) is 6.56. The van der Waals surface area contributed by atoms with Gasteiger partial charge in [0.1, 0.15) is 6.07 Å². The molecule has 23 heavy (non-hydrogen) atoms. The molecule has 2 fully saturated rings. The van der Waals surface area contributed by atoms with Gasteiger partial charge in [-0.15, -0.1) is 11.8 Å². The summed E-state index contributed by atoms with van der Waals surface area (Å²) < 4.78 is 73.1. The van der Waals surface area contributed by atoms with Crippen molar-refractivity contribution in [3.63, 3.8) is 0 Å². The number of halogens is 5. The molecule has 130 valence electrons. The van der Waals surface area contributed by atoms with Crippen molar-refractivity contribution in [2.45, 2.75) is 50.0 Å². The van der Waals surface area contributed by atoms with Crippen LogP contribution in [0.25, 0.3) is 0 Å². The Labute approximate surface area is 134 Å². The molecule has 9 heteroatoms. The number of ether oxygens (including phenoxy) is 2. The highest BCUT2D eigenvalue weighted by atomic mass is 32.2. The molecular formula is C14H16F5NO2S. The van der Waals surface area contributed by atoms with E-state index in [1.165, 1.54) is 0 Å². The molecule has 2 rings (SSSR count). The summed E-state index contributed by atoms with van der Waals surface area (Å²) in [6.07, 6.45) is -4.73. The van der Waals surface area contributed by atoms with Gasteiger partial charge in [-0.1, -0.05) is 0 Å². The van der Waals surface area contributed by atoms with Crippen molar-refractivity contribution >= 4 is 11.8 Å². The molecule has 3 nitrogen and oxygen atoms in total. The summed E-state index contributed by atoms with van der Waals surface area (Å²) in [7, 11) is 0. The molecule has 1 saturated heterocycles. The number of nitriles is 1. The van der Waals surface area contributed by atoms with Crippen LogP contribution in [0.4, 0.5) is 22.0 Å². The van der Waals surface area contributed by atoms with Crippen LogP contribution in [-0.4, -0.2) is 36.9 Å². The molecule has 2 aliphatic rings. The van der Waals surface area contributed by atoms with Crippen molar-refractivity contribution in [3.8, 4) is 6.07 Å². The zero-order valence-corrected chi connectivity index (χ0v) is 13.0. The van der Waals surface area contributed by atoms with E-state index in [-0.39, 0.29) is 4.91 Å². The topological polar surface area (TPSA) is 42.2 Å². The first-order chi connectivity index (χ1) is 10.7. The summed E-state index contributed by atoms with van der Waals surface area (Å²) in [4.78, 5) is 0.232. The number of nitrogens with zero attached hydrogens (tertiary/aromatic N) is 1. The molecule has 0 atom stereocenters. The summed E-state index contributed by atoms with van der Waals surface area (Å²) in [5.74, 6) is -5.80. The third-order valence-corrected chi connectivity index (χ3v) is 5.01. The van der Waals surface area contributed by atoms with Crippen LogP contribution >= 0.6 is 11.8 Å². The Kier molecular flexibility index (Phi) is 5.59. The van der Waals surface area contributed by atoms with E-state index in [4.69, 9.17) is 14.7 Å². The minimum atomic E-state index is -5.55. The van der Waals surface area contributed by atoms with Gasteiger partial charge in [0.15, 0.2) is 5.79 Å². The quantitative estimate of drug-likeness (QED) is 0.552. The normalized spacial score (nSPS) is 21.5. The predicted octanol–water partition coefficient (Wildman–Crippen LogP) is 4.40. The van der Waals surface area contributed by atoms with Gasteiger partial charge >= 0.3 is 12.1 Å². The number of hydrogen-bond donors (Lipinski definition) is 0. The first-order valence-corrected chi connectivity index (χ1v) is 8.15. The van der Waals surface area contributed by atoms with Crippen LogP contribution in [0.3, 0.4) is 0 Å². The molecule has 1 aliphatic heterocycles. The highest BCUT2D eigenvalue weighted by Gasteiger charge is 2.56. The van der Waals surface area contributed by atoms with Crippen molar-refractivity contribution < 1.29 is 31.4 Å². The van der Waals surface area contributed by atoms with Crippen LogP contribution < -0.4 is 0 Å². The maximum Gasteiger partial charge on any atom is 0.453 e. The van der Waals surface area contributed by atoms with E-state index in [0.29, 0.717) is 38.9 Å². The molecular weight excluding hydrogens is 341 g/mol. The van der Waals surface area contributed by atoms with Crippen LogP contribution in [0, 0.1) is 11.3 Å². The van der Waals surface area contributed by atoms with Gasteiger partial charge in [-0.05, 0) is 18.4 Å². The van der Waals surface area contributed by atoms with Gasteiger partial charge in [-0.25, -0.2) is 0 Å². The van der Waals surface area contributed by atoms with Gasteiger partial charge < -0.3 is 9.47 Å². The van der Waals surface area contributed by atoms with Crippen LogP contribution in [-0.2, 0) is 9.47 Å². The van der Waals surface area contributed by atoms with Gasteiger partial charge in [0, 0.05) is 25.0 Å². The third kappa shape index (κ3) is 4.37. The molecule has 1 saturated carbocycles. The minimum absolute atomic E-state index is 0.232. The number of allylic oxidation sites excluding steroid dienone is 2. The van der Waals surface area contributed by atoms with Crippen molar-refractivity contribution in [3.05, 3.63) is 10.5 Å². The average molecular weight is 357 g/mol. The highest BCUT2D eigenvalue weighted by Crippen LogP contribution is 2.42. The Bertz CT molecular complexity index is 494. The number of alkyl halides is 5. The van der Waals surface area contributed by atoms with Crippen molar-refractivity contribution in [1.82, 2.24) is 0 Å². The Morgan fingerprint density at radius 2 is 1.70 bits per heavy atom. The Balaban J connectivity index is 1.89. The Morgan fingerprint density at radius 1 is 1.13 bits per heavy atom. The molecule has 0 aromatic rings. The fourth-order valence-electron chi connectivity index (χ4n) is 2.58. The maximum atomic E-state index is 12.9. The fourth-order valence-corrected chi connectivity index (χ4v) is 3.62. The molecule has 1 aliphatic carbocycles. The zero-order valence-electron chi connectivity index (χ0n) is 12.2. The van der Waals surface area contributed by atoms with Crippen LogP contribution in [0.2, 0.25) is 0 Å². The summed E-state index contributed by atoms with van der Waals surface area (Å²) in [6, 6.07) is 1.91. The second-order valence-electron chi connectivity index (χ2n) is 5.45. The van der Waals surface area contributed by atoms with Crippen LogP contribution in [0.15, 0.2) is 10.5 Å². The van der Waals surface area contributed by atoms with Crippen molar-refractivity contribution in [2.24, 2.45) is 0 Å². The lowest BCUT2D eigenvalue weighted by atomic mass is 9.89. The molecule has 0 amide bonds. The van der Waals surface area contributed by atoms with E-state index in [2.05, 4.69) is 0 Å². The first-order valence-electron chi connectivity index (χ1n) is 7.16. The van der Waals surface area contributed by atoms with E-state index in [9.17, 15) is 22.0 Å². The smallest absolute Gasteiger partial charge is 0.348 e. The third-order valence-electron chi connectivity index (χ3n) is 3.93. The van der Waals surface area contributed by atoms with E-state index in [0.717, 1.165) is 17.3 Å². The molecule has 0 N–H and O–H groups in total. The van der Waals surface area contributed by atoms with Crippen LogP contribution in [0.1, 0.15) is 32.1 Å². The molecule has 0 unspecified atom stereocenters. The summed E-state index contributed by atoms with van der Waals surface area (Å²) in [6.45, 7) is 1.04. The predicted molar refractivity (Wildman–Crippen MR) is 73.8 cm³/mol. The fraction of sp³-hybridized carbons (Fsp3) is 0.786. The van der Waals surface area contributed by atoms with E-state index in [1.54, 1.807) is 0 Å². The lowest BCUT2D eigenvalue weighted by Crippen LogP contribution is -2.36. The minimum Gasteiger partial charge on any atom is -0.348 e. The maximum absolute atomic E-state index is 12.9. The summed E-state index contributed by atoms with van der Waals surface area (Å²) in [5.41, 5.74) is 0.776. The molecule has 1 spiro atoms. The highest BCUT2D eigenvalue weighted by molar-refractivity contribution is 8.03. The van der Waals surface area contributed by atoms with E-state index in [1.807, 2.05) is 6.07 Å². The van der Waals surface area contributed by atoms with E-state index < -0.39 is 30.1 Å². The van der Waals surface area contributed by atoms with Crippen LogP contribution in [0.5, 0.6) is 0 Å². The van der Waals surface area contributed by atoms with Crippen molar-refractivity contribution in [2.75, 3.05) is 19.0 Å². The summed E-state index contributed by atoms with van der Waals surface area (Å²) in [5, 5.41) is 9.12. The Hall–Kier alpha value is -0.850. The summed E-state index contributed by atoms with van der Waals surface area (Å²) >= 11 is 0.759. The van der Waals surface area contributed by atoms with Crippen molar-refractivity contribution in [1.29, 1.82) is 5.26 Å². The SMILES string of the molecule is N#CC(SCCC(F)(F)C(F)(F)F)=C1CCC2(CC1)OCCO2. The van der Waals surface area contributed by atoms with Gasteiger partial charge in [0.25, 0.3) is 0 Å². The second kappa shape index (κ2) is 6.95. The molecule has 0 radical (unpaired) electrons. The lowest BCUT2D eigenvalue weighted by molar-refractivity contribution is -0.282. The molecule has 0 aromatic carbocycles. The first kappa shape index (κ1) is 18.5. The van der Waals surface area contributed by atoms with Gasteiger partial charge in [-0.3, -0.25) is 0 Å². The number of thioether (sulfide) groups is 1. The molecule has 1 heterocycles. The standard InChI is InChI=1S/C14H16F5NO2S/c15-13(16,14(17,18)19)5-8-23-11(9-20)10-1-3-12(4-2-10)21-6-7-22-12/h1-8H2. The Morgan fingerprint density at radius 3 is 2.17 bits per heavy atom. The van der Waals surface area contributed by atoms with Gasteiger partial charge in [0.05, 0.1) is 18.1 Å². The van der Waals surface area contributed by atoms with E-state index >= 15 is 0 Å². The number of hydrogen-bond acceptors (Lipinski definition) is 4. The monoisotopic (exact) mass is 357 g/mol. The van der Waals surface area contributed by atoms with Gasteiger partial charge in [-0.2, -0.15) is 27.2 Å². The molecule has 0 bridgehead atoms.